The minimum Gasteiger partial charge on any atom is -0.307 e. The van der Waals surface area contributed by atoms with Crippen LogP contribution in [0.25, 0.3) is 0 Å². The Labute approximate surface area is 101 Å². The molecule has 0 N–H and O–H groups in total. The Morgan fingerprint density at radius 1 is 1.31 bits per heavy atom. The highest BCUT2D eigenvalue weighted by Gasteiger charge is 2.21. The highest BCUT2D eigenvalue weighted by atomic mass is 35.5. The lowest BCUT2D eigenvalue weighted by molar-refractivity contribution is -0.114. The molecule has 0 fully saturated rings. The quantitative estimate of drug-likeness (QED) is 0.771. The van der Waals surface area contributed by atoms with Crippen LogP contribution in [0.3, 0.4) is 0 Å². The first kappa shape index (κ1) is 11.2. The zero-order valence-corrected chi connectivity index (χ0v) is 10.00. The van der Waals surface area contributed by atoms with E-state index in [1.165, 1.54) is 5.56 Å². The van der Waals surface area contributed by atoms with Gasteiger partial charge >= 0.3 is 0 Å². The number of carbonyl (C=O) groups excluding carboxylic acids is 1. The minimum atomic E-state index is -0.0998. The molecule has 1 aliphatic heterocycles. The fraction of sp³-hybridized carbons (Fsp3) is 0.308. The summed E-state index contributed by atoms with van der Waals surface area (Å²) < 4.78 is 0. The Bertz CT molecular complexity index is 422. The van der Waals surface area contributed by atoms with Crippen molar-refractivity contribution in [1.29, 1.82) is 0 Å². The number of halogens is 1. The summed E-state index contributed by atoms with van der Waals surface area (Å²) in [6.45, 7) is 2.82. The zero-order chi connectivity index (χ0) is 11.5. The molecule has 1 aromatic rings. The van der Waals surface area contributed by atoms with Crippen molar-refractivity contribution in [3.63, 3.8) is 0 Å². The summed E-state index contributed by atoms with van der Waals surface area (Å²) in [5, 5.41) is 0.325. The topological polar surface area (TPSA) is 20.3 Å². The van der Waals surface area contributed by atoms with Gasteiger partial charge in [0.25, 0.3) is 5.91 Å². The van der Waals surface area contributed by atoms with Crippen molar-refractivity contribution >= 4 is 23.2 Å². The van der Waals surface area contributed by atoms with E-state index in [1.807, 2.05) is 12.1 Å². The molecular weight excluding hydrogens is 222 g/mol. The summed E-state index contributed by atoms with van der Waals surface area (Å²) in [6.07, 6.45) is 3.61. The van der Waals surface area contributed by atoms with Crippen LogP contribution in [-0.4, -0.2) is 12.5 Å². The first-order valence-electron chi connectivity index (χ1n) is 5.49. The standard InChI is InChI=1S/C13H14ClNO/c1-2-10-5-7-11(8-6-10)15-9-3-4-12(14)13(15)16/h4-8H,2-3,9H2,1H3. The van der Waals surface area contributed by atoms with Crippen LogP contribution in [-0.2, 0) is 11.2 Å². The monoisotopic (exact) mass is 235 g/mol. The van der Waals surface area contributed by atoms with Crippen molar-refractivity contribution in [2.45, 2.75) is 19.8 Å². The normalized spacial score (nSPS) is 16.2. The molecule has 0 aromatic heterocycles. The lowest BCUT2D eigenvalue weighted by Gasteiger charge is -2.25. The van der Waals surface area contributed by atoms with E-state index in [4.69, 9.17) is 11.6 Å². The van der Waals surface area contributed by atoms with Crippen molar-refractivity contribution in [2.24, 2.45) is 0 Å². The van der Waals surface area contributed by atoms with Crippen molar-refractivity contribution in [3.05, 3.63) is 40.9 Å². The van der Waals surface area contributed by atoms with E-state index in [1.54, 1.807) is 11.0 Å². The number of carbonyl (C=O) groups is 1. The van der Waals surface area contributed by atoms with Crippen LogP contribution in [0.4, 0.5) is 5.69 Å². The molecule has 0 unspecified atom stereocenters. The molecule has 0 saturated carbocycles. The lowest BCUT2D eigenvalue weighted by atomic mass is 10.1. The third-order valence-corrected chi connectivity index (χ3v) is 3.10. The molecule has 0 saturated heterocycles. The number of nitrogens with zero attached hydrogens (tertiary/aromatic N) is 1. The van der Waals surface area contributed by atoms with E-state index in [0.717, 1.165) is 18.5 Å². The van der Waals surface area contributed by atoms with Gasteiger partial charge in [-0.3, -0.25) is 4.79 Å². The maximum absolute atomic E-state index is 11.8. The molecule has 0 atom stereocenters. The van der Waals surface area contributed by atoms with Gasteiger partial charge in [-0.15, -0.1) is 0 Å². The van der Waals surface area contributed by atoms with Crippen LogP contribution in [0.15, 0.2) is 35.4 Å². The first-order valence-corrected chi connectivity index (χ1v) is 5.86. The van der Waals surface area contributed by atoms with Gasteiger partial charge in [-0.05, 0) is 30.5 Å². The van der Waals surface area contributed by atoms with Crippen LogP contribution in [0.1, 0.15) is 18.9 Å². The highest BCUT2D eigenvalue weighted by molar-refractivity contribution is 6.44. The molecule has 0 aliphatic carbocycles. The van der Waals surface area contributed by atoms with Crippen molar-refractivity contribution in [1.82, 2.24) is 0 Å². The maximum atomic E-state index is 11.8. The number of amides is 1. The lowest BCUT2D eigenvalue weighted by Crippen LogP contribution is -2.34. The van der Waals surface area contributed by atoms with E-state index in [9.17, 15) is 4.79 Å². The third-order valence-electron chi connectivity index (χ3n) is 2.78. The van der Waals surface area contributed by atoms with Crippen LogP contribution in [0, 0.1) is 0 Å². The molecule has 1 aliphatic rings. The summed E-state index contributed by atoms with van der Waals surface area (Å²) in [6, 6.07) is 8.06. The Hall–Kier alpha value is -1.28. The van der Waals surface area contributed by atoms with Gasteiger partial charge in [0.1, 0.15) is 5.03 Å². The molecule has 2 nitrogen and oxygen atoms in total. The maximum Gasteiger partial charge on any atom is 0.269 e. The Morgan fingerprint density at radius 3 is 2.62 bits per heavy atom. The largest absolute Gasteiger partial charge is 0.307 e. The van der Waals surface area contributed by atoms with Crippen LogP contribution >= 0.6 is 11.6 Å². The molecular formula is C13H14ClNO. The van der Waals surface area contributed by atoms with Gasteiger partial charge in [0, 0.05) is 12.2 Å². The molecule has 1 aromatic carbocycles. The summed E-state index contributed by atoms with van der Waals surface area (Å²) in [5.41, 5.74) is 2.20. The van der Waals surface area contributed by atoms with Crippen LogP contribution in [0.2, 0.25) is 0 Å². The average Bonchev–Trinajstić information content (AvgIpc) is 2.33. The second kappa shape index (κ2) is 4.71. The Balaban J connectivity index is 2.24. The molecule has 0 spiro atoms. The van der Waals surface area contributed by atoms with E-state index in [0.29, 0.717) is 11.6 Å². The van der Waals surface area contributed by atoms with Crippen LogP contribution < -0.4 is 4.90 Å². The molecule has 1 amide bonds. The van der Waals surface area contributed by atoms with Gasteiger partial charge in [0.2, 0.25) is 0 Å². The predicted octanol–water partition coefficient (Wildman–Crippen LogP) is 3.11. The number of hydrogen-bond acceptors (Lipinski definition) is 1. The fourth-order valence-electron chi connectivity index (χ4n) is 1.80. The number of anilines is 1. The number of aryl methyl sites for hydroxylation is 1. The third kappa shape index (κ3) is 2.12. The van der Waals surface area contributed by atoms with E-state index < -0.39 is 0 Å². The summed E-state index contributed by atoms with van der Waals surface area (Å²) in [4.78, 5) is 13.5. The SMILES string of the molecule is CCc1ccc(N2CCC=C(Cl)C2=O)cc1. The second-order valence-corrected chi connectivity index (χ2v) is 4.22. The van der Waals surface area contributed by atoms with Gasteiger partial charge < -0.3 is 4.90 Å². The molecule has 0 radical (unpaired) electrons. The molecule has 1 heterocycles. The second-order valence-electron chi connectivity index (χ2n) is 3.82. The van der Waals surface area contributed by atoms with Crippen LogP contribution in [0.5, 0.6) is 0 Å². The number of hydrogen-bond donors (Lipinski definition) is 0. The number of benzene rings is 1. The van der Waals surface area contributed by atoms with Gasteiger partial charge in [-0.25, -0.2) is 0 Å². The first-order chi connectivity index (χ1) is 7.72. The smallest absolute Gasteiger partial charge is 0.269 e. The van der Waals surface area contributed by atoms with Gasteiger partial charge in [0.15, 0.2) is 0 Å². The highest BCUT2D eigenvalue weighted by Crippen LogP contribution is 2.23. The Kier molecular flexibility index (Phi) is 3.30. The molecule has 16 heavy (non-hydrogen) atoms. The van der Waals surface area contributed by atoms with Crippen molar-refractivity contribution in [3.8, 4) is 0 Å². The summed E-state index contributed by atoms with van der Waals surface area (Å²) >= 11 is 5.84. The van der Waals surface area contributed by atoms with Crippen molar-refractivity contribution < 1.29 is 4.79 Å². The Morgan fingerprint density at radius 2 is 2.00 bits per heavy atom. The fourth-order valence-corrected chi connectivity index (χ4v) is 2.01. The number of rotatable bonds is 2. The molecule has 3 heteroatoms. The molecule has 0 bridgehead atoms. The molecule has 84 valence electrons. The molecule has 2 rings (SSSR count). The van der Waals surface area contributed by atoms with Gasteiger partial charge in [-0.1, -0.05) is 36.7 Å². The van der Waals surface area contributed by atoms with E-state index in [-0.39, 0.29) is 5.91 Å². The van der Waals surface area contributed by atoms with Crippen molar-refractivity contribution in [2.75, 3.05) is 11.4 Å². The average molecular weight is 236 g/mol. The summed E-state index contributed by atoms with van der Waals surface area (Å²) in [7, 11) is 0. The summed E-state index contributed by atoms with van der Waals surface area (Å²) in [5.74, 6) is -0.0998. The van der Waals surface area contributed by atoms with E-state index >= 15 is 0 Å². The zero-order valence-electron chi connectivity index (χ0n) is 9.24. The minimum absolute atomic E-state index is 0.0998. The van der Waals surface area contributed by atoms with Gasteiger partial charge in [-0.2, -0.15) is 0 Å². The van der Waals surface area contributed by atoms with Gasteiger partial charge in [0.05, 0.1) is 0 Å². The predicted molar refractivity (Wildman–Crippen MR) is 66.7 cm³/mol. The van der Waals surface area contributed by atoms with E-state index in [2.05, 4.69) is 19.1 Å².